The van der Waals surface area contributed by atoms with E-state index in [1.54, 1.807) is 94.3 Å². The zero-order valence-electron chi connectivity index (χ0n) is 25.7. The van der Waals surface area contributed by atoms with Crippen LogP contribution in [0, 0.1) is 20.2 Å². The van der Waals surface area contributed by atoms with Crippen molar-refractivity contribution in [3.8, 4) is 11.4 Å². The zero-order valence-corrected chi connectivity index (χ0v) is 25.7. The molecule has 0 saturated heterocycles. The molecule has 0 unspecified atom stereocenters. The van der Waals surface area contributed by atoms with Crippen LogP contribution in [0.1, 0.15) is 11.4 Å². The molecule has 0 aliphatic heterocycles. The van der Waals surface area contributed by atoms with E-state index in [-0.39, 0.29) is 23.3 Å². The van der Waals surface area contributed by atoms with Gasteiger partial charge in [-0.05, 0) is 36.4 Å². The van der Waals surface area contributed by atoms with E-state index in [4.69, 9.17) is 42.7 Å². The van der Waals surface area contributed by atoms with Crippen molar-refractivity contribution in [2.45, 2.75) is 0 Å². The molecule has 12 N–H and O–H groups in total. The van der Waals surface area contributed by atoms with Gasteiger partial charge in [0, 0.05) is 36.7 Å². The Hall–Kier alpha value is -8.08. The lowest BCUT2D eigenvalue weighted by Crippen LogP contribution is -2.24. The van der Waals surface area contributed by atoms with Crippen LogP contribution in [-0.4, -0.2) is 53.1 Å². The van der Waals surface area contributed by atoms with Gasteiger partial charge in [-0.25, -0.2) is 9.59 Å². The molecule has 2 heterocycles. The smallest absolute Gasteiger partial charge is 0.414 e. The van der Waals surface area contributed by atoms with Crippen molar-refractivity contribution in [3.05, 3.63) is 141 Å². The lowest BCUT2D eigenvalue weighted by atomic mass is 10.2. The molecule has 0 aliphatic carbocycles. The summed E-state index contributed by atoms with van der Waals surface area (Å²) in [4.78, 5) is 39.6. The summed E-state index contributed by atoms with van der Waals surface area (Å²) in [6, 6.07) is 20.2. The molecule has 20 heteroatoms. The van der Waals surface area contributed by atoms with Crippen molar-refractivity contribution in [3.63, 3.8) is 0 Å². The molecule has 0 spiro atoms. The Morgan fingerprint density at radius 2 is 1.02 bits per heavy atom. The number of nitrogens with two attached hydrogens (primary N) is 4. The molecular formula is C30H30N12O8. The third kappa shape index (κ3) is 12.4. The van der Waals surface area contributed by atoms with E-state index in [0.29, 0.717) is 11.4 Å². The molecule has 0 atom stereocenters. The number of guanidine groups is 2. The van der Waals surface area contributed by atoms with Gasteiger partial charge in [0.25, 0.3) is 11.4 Å². The lowest BCUT2D eigenvalue weighted by molar-refractivity contribution is -0.384. The molecule has 4 rings (SSSR count). The van der Waals surface area contributed by atoms with Crippen LogP contribution in [0.4, 0.5) is 11.4 Å². The summed E-state index contributed by atoms with van der Waals surface area (Å²) in [6.45, 7) is 0. The van der Waals surface area contributed by atoms with Gasteiger partial charge < -0.3 is 42.3 Å². The Morgan fingerprint density at radius 3 is 1.34 bits per heavy atom. The first-order chi connectivity index (χ1) is 23.8. The molecule has 2 aromatic carbocycles. The normalized spacial score (nSPS) is 9.20. The van der Waals surface area contributed by atoms with E-state index in [2.05, 4.69) is 32.5 Å². The molecule has 0 saturated carbocycles. The van der Waals surface area contributed by atoms with Crippen molar-refractivity contribution in [2.75, 3.05) is 0 Å². The van der Waals surface area contributed by atoms with Crippen molar-refractivity contribution in [1.82, 2.24) is 20.0 Å². The van der Waals surface area contributed by atoms with Crippen molar-refractivity contribution in [2.24, 2.45) is 33.1 Å². The number of carbonyl (C=O) groups is 2. The van der Waals surface area contributed by atoms with Gasteiger partial charge in [0.15, 0.2) is 0 Å². The number of rotatable bonds is 10. The number of hydrazone groups is 2. The second-order valence-electron chi connectivity index (χ2n) is 8.95. The third-order valence-electron chi connectivity index (χ3n) is 5.56. The van der Waals surface area contributed by atoms with Crippen LogP contribution in [-0.2, 0) is 9.59 Å². The maximum Gasteiger partial charge on any atom is 0.414 e. The lowest BCUT2D eigenvalue weighted by Gasteiger charge is -2.06. The van der Waals surface area contributed by atoms with E-state index in [9.17, 15) is 20.2 Å². The van der Waals surface area contributed by atoms with Gasteiger partial charge in [-0.1, -0.05) is 35.7 Å². The minimum Gasteiger partial charge on any atom is -0.473 e. The highest BCUT2D eigenvalue weighted by molar-refractivity contribution is 6.27. The van der Waals surface area contributed by atoms with Gasteiger partial charge in [0.05, 0.1) is 33.6 Å². The van der Waals surface area contributed by atoms with Gasteiger partial charge in [0.2, 0.25) is 11.9 Å². The molecule has 0 radical (unpaired) electrons. The van der Waals surface area contributed by atoms with E-state index in [0.717, 1.165) is 11.4 Å². The highest BCUT2D eigenvalue weighted by atomic mass is 16.6. The van der Waals surface area contributed by atoms with Crippen LogP contribution in [0.25, 0.3) is 23.5 Å². The topological polar surface area (TPSA) is 324 Å². The molecule has 0 bridgehead atoms. The predicted molar refractivity (Wildman–Crippen MR) is 183 cm³/mol. The Kier molecular flexibility index (Phi) is 14.8. The highest BCUT2D eigenvalue weighted by Gasteiger charge is 2.16. The van der Waals surface area contributed by atoms with E-state index in [1.165, 1.54) is 24.5 Å². The number of nitro groups is 2. The maximum absolute atomic E-state index is 11.1. The number of carboxylic acid groups (broad SMARTS) is 2. The van der Waals surface area contributed by atoms with Crippen LogP contribution in [0.5, 0.6) is 0 Å². The summed E-state index contributed by atoms with van der Waals surface area (Å²) in [5.74, 6) is -3.84. The Bertz CT molecular complexity index is 1860. The van der Waals surface area contributed by atoms with Gasteiger partial charge in [-0.3, -0.25) is 31.1 Å². The monoisotopic (exact) mass is 686 g/mol. The number of nitrogens with zero attached hydrogens (tertiary/aromatic N) is 6. The van der Waals surface area contributed by atoms with Gasteiger partial charge in [-0.15, -0.1) is 10.2 Å². The molecular weight excluding hydrogens is 656 g/mol. The molecule has 258 valence electrons. The zero-order chi connectivity index (χ0) is 37.1. The van der Waals surface area contributed by atoms with Gasteiger partial charge in [-0.2, -0.15) is 0 Å². The van der Waals surface area contributed by atoms with Crippen molar-refractivity contribution in [1.29, 1.82) is 0 Å². The molecule has 0 fully saturated rings. The average Bonchev–Trinajstić information content (AvgIpc) is 3.74. The first-order valence-corrected chi connectivity index (χ1v) is 13.6. The molecule has 2 aromatic heterocycles. The summed E-state index contributed by atoms with van der Waals surface area (Å²) < 4.78 is 3.39. The van der Waals surface area contributed by atoms with Crippen LogP contribution in [0.2, 0.25) is 0 Å². The number of benzene rings is 2. The third-order valence-corrected chi connectivity index (χ3v) is 5.56. The first-order valence-electron chi connectivity index (χ1n) is 13.6. The molecule has 0 amide bonds. The van der Waals surface area contributed by atoms with Gasteiger partial charge >= 0.3 is 11.9 Å². The number of hydrogen-bond acceptors (Lipinski definition) is 10. The van der Waals surface area contributed by atoms with Crippen molar-refractivity contribution >= 4 is 47.4 Å². The van der Waals surface area contributed by atoms with Gasteiger partial charge in [0.1, 0.15) is 11.4 Å². The van der Waals surface area contributed by atoms with Crippen molar-refractivity contribution < 1.29 is 29.6 Å². The van der Waals surface area contributed by atoms with E-state index >= 15 is 0 Å². The summed E-state index contributed by atoms with van der Waals surface area (Å²) in [7, 11) is 0. The summed E-state index contributed by atoms with van der Waals surface area (Å²) in [5, 5.41) is 44.1. The quantitative estimate of drug-likeness (QED) is 0.0294. The molecule has 4 aromatic rings. The number of nitro benzene ring substituents is 2. The van der Waals surface area contributed by atoms with Crippen LogP contribution in [0.3, 0.4) is 0 Å². The molecule has 0 aliphatic rings. The maximum atomic E-state index is 11.1. The number of nitrogens with one attached hydrogen (secondary N) is 2. The fourth-order valence-corrected chi connectivity index (χ4v) is 3.65. The first kappa shape index (κ1) is 38.1. The molecule has 20 nitrogen and oxygen atoms in total. The fourth-order valence-electron chi connectivity index (χ4n) is 3.65. The number of carboxylic acids is 2. The molecule has 50 heavy (non-hydrogen) atoms. The Morgan fingerprint density at radius 1 is 0.660 bits per heavy atom. The number of para-hydroxylation sites is 4. The largest absolute Gasteiger partial charge is 0.473 e. The highest BCUT2D eigenvalue weighted by Crippen LogP contribution is 2.25. The standard InChI is InChI=1S/2C14H14N6O2.C2H2O4/c2*15-14(16)18-17-9-3-5-11-6-4-10-19(11)12-7-1-2-8-13(12)20(21)22;3-1(4)2(5)6/h2*1-2,4-10,17H,(H4,15,16,18);(H,3,4)(H,5,6). The second-order valence-corrected chi connectivity index (χ2v) is 8.95. The van der Waals surface area contributed by atoms with Crippen LogP contribution >= 0.6 is 0 Å². The summed E-state index contributed by atoms with van der Waals surface area (Å²) in [5.41, 5.74) is 33.7. The SMILES string of the molecule is NC(N)=NNC=C=Cc1cccn1-c1ccccc1[N+](=O)[O-].NC(N)=NNC=C=Cc1cccn1-c1ccccc1[N+](=O)[O-].O=C(O)C(=O)O. The van der Waals surface area contributed by atoms with Crippen LogP contribution in [0.15, 0.2) is 119 Å². The summed E-state index contributed by atoms with van der Waals surface area (Å²) in [6.07, 6.45) is 9.59. The summed E-state index contributed by atoms with van der Waals surface area (Å²) >= 11 is 0. The minimum absolute atomic E-state index is 0.0240. The number of hydrogen-bond donors (Lipinski definition) is 8. The number of aliphatic carboxylic acids is 2. The van der Waals surface area contributed by atoms with E-state index in [1.807, 2.05) is 0 Å². The fraction of sp³-hybridized carbons (Fsp3) is 0. The Labute approximate surface area is 282 Å². The Balaban J connectivity index is 0.000000299. The number of aromatic nitrogens is 2. The average molecular weight is 687 g/mol. The predicted octanol–water partition coefficient (Wildman–Crippen LogP) is 1.73. The van der Waals surface area contributed by atoms with E-state index < -0.39 is 21.8 Å². The minimum atomic E-state index is -1.82. The van der Waals surface area contributed by atoms with Crippen LogP contribution < -0.4 is 33.8 Å². The second kappa shape index (κ2) is 19.4.